The standard InChI is InChI=1S/C27H34N2O4/c1-21-8-7-15-29(20-21)26(30)22-13-16-28(17-14-22)27(31)24-11-5-6-12-25(24)33-19-18-32-23-9-3-2-4-10-23/h2-6,9-12,21-22H,7-8,13-20H2,1H3. The molecule has 1 unspecified atom stereocenters. The molecule has 4 rings (SSSR count). The number of nitrogens with zero attached hydrogens (tertiary/aromatic N) is 2. The fourth-order valence-electron chi connectivity index (χ4n) is 4.74. The molecule has 2 aliphatic rings. The Morgan fingerprint density at radius 3 is 2.30 bits per heavy atom. The average Bonchev–Trinajstić information content (AvgIpc) is 2.87. The smallest absolute Gasteiger partial charge is 0.257 e. The van der Waals surface area contributed by atoms with Crippen molar-refractivity contribution in [1.82, 2.24) is 9.80 Å². The normalized spacial score (nSPS) is 19.2. The number of ether oxygens (including phenoxy) is 2. The summed E-state index contributed by atoms with van der Waals surface area (Å²) in [5.41, 5.74) is 0.562. The zero-order valence-corrected chi connectivity index (χ0v) is 19.4. The van der Waals surface area contributed by atoms with Crippen LogP contribution in [-0.2, 0) is 4.79 Å². The minimum absolute atomic E-state index is 0.0287. The van der Waals surface area contributed by atoms with Crippen molar-refractivity contribution in [3.8, 4) is 11.5 Å². The van der Waals surface area contributed by atoms with Gasteiger partial charge in [-0.3, -0.25) is 9.59 Å². The van der Waals surface area contributed by atoms with Gasteiger partial charge in [0.1, 0.15) is 24.7 Å². The maximum atomic E-state index is 13.2. The highest BCUT2D eigenvalue weighted by Gasteiger charge is 2.32. The van der Waals surface area contributed by atoms with Crippen molar-refractivity contribution in [1.29, 1.82) is 0 Å². The van der Waals surface area contributed by atoms with Gasteiger partial charge >= 0.3 is 0 Å². The maximum absolute atomic E-state index is 13.2. The van der Waals surface area contributed by atoms with Gasteiger partial charge in [-0.2, -0.15) is 0 Å². The molecule has 1 atom stereocenters. The van der Waals surface area contributed by atoms with E-state index in [0.717, 1.165) is 38.1 Å². The summed E-state index contributed by atoms with van der Waals surface area (Å²) in [5.74, 6) is 2.21. The lowest BCUT2D eigenvalue weighted by Gasteiger charge is -2.37. The molecule has 2 aromatic rings. The summed E-state index contributed by atoms with van der Waals surface area (Å²) in [5, 5.41) is 0. The zero-order valence-electron chi connectivity index (χ0n) is 19.4. The third-order valence-electron chi connectivity index (χ3n) is 6.57. The van der Waals surface area contributed by atoms with Crippen LogP contribution < -0.4 is 9.47 Å². The number of hydrogen-bond donors (Lipinski definition) is 0. The van der Waals surface area contributed by atoms with Gasteiger partial charge in [0, 0.05) is 32.1 Å². The summed E-state index contributed by atoms with van der Waals surface area (Å²) in [6.45, 7) is 5.92. The van der Waals surface area contributed by atoms with Crippen molar-refractivity contribution in [2.75, 3.05) is 39.4 Å². The number of amides is 2. The molecule has 2 heterocycles. The molecule has 2 aromatic carbocycles. The molecule has 0 aliphatic carbocycles. The fraction of sp³-hybridized carbons (Fsp3) is 0.481. The summed E-state index contributed by atoms with van der Waals surface area (Å²) in [7, 11) is 0. The molecule has 176 valence electrons. The second-order valence-corrected chi connectivity index (χ2v) is 9.10. The van der Waals surface area contributed by atoms with Crippen LogP contribution in [0.25, 0.3) is 0 Å². The predicted molar refractivity (Wildman–Crippen MR) is 127 cm³/mol. The minimum Gasteiger partial charge on any atom is -0.490 e. The Kier molecular flexibility index (Phi) is 7.87. The van der Waals surface area contributed by atoms with E-state index in [-0.39, 0.29) is 17.7 Å². The Labute approximate surface area is 196 Å². The van der Waals surface area contributed by atoms with E-state index in [0.29, 0.717) is 43.5 Å². The summed E-state index contributed by atoms with van der Waals surface area (Å²) >= 11 is 0. The van der Waals surface area contributed by atoms with Crippen LogP contribution >= 0.6 is 0 Å². The molecule has 2 amide bonds. The number of carbonyl (C=O) groups is 2. The molecule has 0 radical (unpaired) electrons. The second kappa shape index (κ2) is 11.2. The van der Waals surface area contributed by atoms with Crippen LogP contribution in [0.5, 0.6) is 11.5 Å². The lowest BCUT2D eigenvalue weighted by Crippen LogP contribution is -2.47. The van der Waals surface area contributed by atoms with Crippen LogP contribution in [-0.4, -0.2) is 61.0 Å². The number of rotatable bonds is 7. The van der Waals surface area contributed by atoms with Crippen LogP contribution in [0.1, 0.15) is 43.0 Å². The van der Waals surface area contributed by atoms with Crippen LogP contribution in [0.2, 0.25) is 0 Å². The quantitative estimate of drug-likeness (QED) is 0.592. The molecule has 6 nitrogen and oxygen atoms in total. The third-order valence-corrected chi connectivity index (χ3v) is 6.57. The van der Waals surface area contributed by atoms with Crippen molar-refractivity contribution in [3.05, 3.63) is 60.2 Å². The van der Waals surface area contributed by atoms with E-state index in [2.05, 4.69) is 6.92 Å². The van der Waals surface area contributed by atoms with Crippen LogP contribution in [0, 0.1) is 11.8 Å². The number of para-hydroxylation sites is 2. The first kappa shape index (κ1) is 23.1. The molecule has 0 aromatic heterocycles. The third kappa shape index (κ3) is 6.06. The lowest BCUT2D eigenvalue weighted by atomic mass is 9.92. The lowest BCUT2D eigenvalue weighted by molar-refractivity contribution is -0.138. The largest absolute Gasteiger partial charge is 0.490 e. The molecule has 2 aliphatic heterocycles. The molecule has 6 heteroatoms. The van der Waals surface area contributed by atoms with Crippen molar-refractivity contribution < 1.29 is 19.1 Å². The summed E-state index contributed by atoms with van der Waals surface area (Å²) in [4.78, 5) is 30.0. The van der Waals surface area contributed by atoms with Gasteiger partial charge < -0.3 is 19.3 Å². The first-order valence-corrected chi connectivity index (χ1v) is 12.1. The van der Waals surface area contributed by atoms with Gasteiger partial charge in [0.25, 0.3) is 5.91 Å². The van der Waals surface area contributed by atoms with E-state index in [1.807, 2.05) is 64.4 Å². The van der Waals surface area contributed by atoms with E-state index in [1.54, 1.807) is 0 Å². The van der Waals surface area contributed by atoms with E-state index in [1.165, 1.54) is 6.42 Å². The first-order valence-electron chi connectivity index (χ1n) is 12.1. The summed E-state index contributed by atoms with van der Waals surface area (Å²) in [6.07, 6.45) is 3.75. The Morgan fingerprint density at radius 1 is 0.848 bits per heavy atom. The van der Waals surface area contributed by atoms with Crippen molar-refractivity contribution in [2.45, 2.75) is 32.6 Å². The highest BCUT2D eigenvalue weighted by atomic mass is 16.5. The van der Waals surface area contributed by atoms with E-state index in [9.17, 15) is 9.59 Å². The zero-order chi connectivity index (χ0) is 23.0. The average molecular weight is 451 g/mol. The fourth-order valence-corrected chi connectivity index (χ4v) is 4.74. The topological polar surface area (TPSA) is 59.1 Å². The van der Waals surface area contributed by atoms with E-state index in [4.69, 9.17) is 9.47 Å². The molecule has 2 fully saturated rings. The molecular formula is C27H34N2O4. The van der Waals surface area contributed by atoms with E-state index < -0.39 is 0 Å². The van der Waals surface area contributed by atoms with Gasteiger partial charge in [0.15, 0.2) is 0 Å². The Morgan fingerprint density at radius 2 is 1.55 bits per heavy atom. The molecule has 0 bridgehead atoms. The minimum atomic E-state index is -0.0351. The van der Waals surface area contributed by atoms with Gasteiger partial charge in [-0.1, -0.05) is 37.3 Å². The molecule has 0 spiro atoms. The number of benzene rings is 2. The van der Waals surface area contributed by atoms with Crippen LogP contribution in [0.3, 0.4) is 0 Å². The second-order valence-electron chi connectivity index (χ2n) is 9.10. The van der Waals surface area contributed by atoms with Gasteiger partial charge in [-0.05, 0) is 55.9 Å². The summed E-state index contributed by atoms with van der Waals surface area (Å²) < 4.78 is 11.6. The monoisotopic (exact) mass is 450 g/mol. The van der Waals surface area contributed by atoms with Gasteiger partial charge in [0.2, 0.25) is 5.91 Å². The highest BCUT2D eigenvalue weighted by molar-refractivity contribution is 5.97. The van der Waals surface area contributed by atoms with Gasteiger partial charge in [0.05, 0.1) is 5.56 Å². The summed E-state index contributed by atoms with van der Waals surface area (Å²) in [6, 6.07) is 16.9. The molecule has 0 saturated carbocycles. The van der Waals surface area contributed by atoms with Crippen LogP contribution in [0.15, 0.2) is 54.6 Å². The number of carbonyl (C=O) groups excluding carboxylic acids is 2. The van der Waals surface area contributed by atoms with Crippen LogP contribution in [0.4, 0.5) is 0 Å². The number of likely N-dealkylation sites (tertiary alicyclic amines) is 2. The highest BCUT2D eigenvalue weighted by Crippen LogP contribution is 2.26. The first-order chi connectivity index (χ1) is 16.1. The van der Waals surface area contributed by atoms with Crippen molar-refractivity contribution >= 4 is 11.8 Å². The maximum Gasteiger partial charge on any atom is 0.257 e. The SMILES string of the molecule is CC1CCCN(C(=O)C2CCN(C(=O)c3ccccc3OCCOc3ccccc3)CC2)C1. The Bertz CT molecular complexity index is 925. The van der Waals surface area contributed by atoms with Gasteiger partial charge in [-0.15, -0.1) is 0 Å². The van der Waals surface area contributed by atoms with E-state index >= 15 is 0 Å². The van der Waals surface area contributed by atoms with Crippen molar-refractivity contribution in [2.24, 2.45) is 11.8 Å². The number of piperidine rings is 2. The predicted octanol–water partition coefficient (Wildman–Crippen LogP) is 4.26. The van der Waals surface area contributed by atoms with Crippen molar-refractivity contribution in [3.63, 3.8) is 0 Å². The molecule has 0 N–H and O–H groups in total. The molecular weight excluding hydrogens is 416 g/mol. The molecule has 2 saturated heterocycles. The Hall–Kier alpha value is -3.02. The number of hydrogen-bond acceptors (Lipinski definition) is 4. The Balaban J connectivity index is 1.28. The molecule has 33 heavy (non-hydrogen) atoms. The van der Waals surface area contributed by atoms with Gasteiger partial charge in [-0.25, -0.2) is 0 Å².